The lowest BCUT2D eigenvalue weighted by atomic mass is 9.49. The lowest BCUT2D eigenvalue weighted by Gasteiger charge is -2.51. The Morgan fingerprint density at radius 2 is 1.48 bits per heavy atom. The molecular formula is C44H34ClFN6O9. The number of rotatable bonds is 8. The number of halogens is 2. The normalized spacial score (nSPS) is 24.3. The monoisotopic (exact) mass is 844 g/mol. The number of phenols is 1. The number of hydrazine groups is 1. The highest BCUT2D eigenvalue weighted by Gasteiger charge is 2.70. The molecule has 5 aromatic carbocycles. The fourth-order valence-corrected chi connectivity index (χ4v) is 10.4. The van der Waals surface area contributed by atoms with Crippen molar-refractivity contribution in [3.63, 3.8) is 0 Å². The van der Waals surface area contributed by atoms with Crippen LogP contribution >= 0.6 is 11.6 Å². The second-order valence-corrected chi connectivity index (χ2v) is 16.3. The number of carbonyl (C=O) groups excluding carboxylic acids is 4. The summed E-state index contributed by atoms with van der Waals surface area (Å²) in [6, 6.07) is 23.8. The zero-order chi connectivity index (χ0) is 43.2. The van der Waals surface area contributed by atoms with Gasteiger partial charge in [0.15, 0.2) is 5.69 Å². The Kier molecular flexibility index (Phi) is 9.16. The number of amides is 4. The van der Waals surface area contributed by atoms with Crippen molar-refractivity contribution in [2.45, 2.75) is 24.2 Å². The summed E-state index contributed by atoms with van der Waals surface area (Å²) in [5.74, 6) is -8.58. The van der Waals surface area contributed by atoms with Gasteiger partial charge >= 0.3 is 11.4 Å². The van der Waals surface area contributed by atoms with E-state index in [0.29, 0.717) is 32.5 Å². The number of hydrogen-bond acceptors (Lipinski definition) is 11. The highest BCUT2D eigenvalue weighted by atomic mass is 35.5. The predicted octanol–water partition coefficient (Wildman–Crippen LogP) is 7.41. The predicted molar refractivity (Wildman–Crippen MR) is 221 cm³/mol. The number of nitrogens with one attached hydrogen (secondary N) is 1. The third-order valence-corrected chi connectivity index (χ3v) is 12.9. The minimum atomic E-state index is -1.71. The Hall–Kier alpha value is -7.20. The van der Waals surface area contributed by atoms with Crippen LogP contribution in [-0.2, 0) is 24.6 Å². The van der Waals surface area contributed by atoms with Crippen LogP contribution in [-0.4, -0.2) is 57.7 Å². The molecular weight excluding hydrogens is 811 g/mol. The second-order valence-electron chi connectivity index (χ2n) is 15.8. The molecule has 0 radical (unpaired) electrons. The number of aromatic hydroxyl groups is 1. The van der Waals surface area contributed by atoms with Gasteiger partial charge in [0.05, 0.1) is 44.4 Å². The number of nitro groups is 2. The molecule has 9 rings (SSSR count). The molecule has 1 saturated carbocycles. The first-order chi connectivity index (χ1) is 29.1. The number of carbonyl (C=O) groups is 4. The van der Waals surface area contributed by atoms with Crippen LogP contribution in [0.2, 0.25) is 5.02 Å². The molecule has 2 N–H and O–H groups in total. The van der Waals surface area contributed by atoms with Gasteiger partial charge in [-0.2, -0.15) is 5.01 Å². The van der Waals surface area contributed by atoms with Crippen LogP contribution in [0.15, 0.2) is 109 Å². The van der Waals surface area contributed by atoms with Crippen LogP contribution in [0.3, 0.4) is 0 Å². The first-order valence-corrected chi connectivity index (χ1v) is 19.6. The summed E-state index contributed by atoms with van der Waals surface area (Å²) in [6.45, 7) is 0. The van der Waals surface area contributed by atoms with E-state index in [1.807, 2.05) is 6.08 Å². The summed E-state index contributed by atoms with van der Waals surface area (Å²) >= 11 is 6.40. The third kappa shape index (κ3) is 5.76. The molecule has 5 aromatic rings. The molecule has 2 aliphatic heterocycles. The quantitative estimate of drug-likeness (QED) is 0.0683. The van der Waals surface area contributed by atoms with Gasteiger partial charge in [0.25, 0.3) is 11.8 Å². The van der Waals surface area contributed by atoms with Gasteiger partial charge in [-0.1, -0.05) is 65.7 Å². The van der Waals surface area contributed by atoms with Crippen LogP contribution in [0.25, 0.3) is 10.8 Å². The highest BCUT2D eigenvalue weighted by molar-refractivity contribution is 6.30. The van der Waals surface area contributed by atoms with Crippen LogP contribution in [0, 0.1) is 49.7 Å². The van der Waals surface area contributed by atoms with Gasteiger partial charge in [-0.25, -0.2) is 9.29 Å². The SMILES string of the molecule is CN(C)c1c([N+](=O)[O-])cc(N2C(=O)C3CC=C4C(CC5C(=O)N(Nc6ccc(F)cc6)C(=O)C5(c5ccc(Cl)cc5)C4c4ccc(O)c5ccccc45)C3C2=O)cc1[N+](=O)[O-]. The summed E-state index contributed by atoms with van der Waals surface area (Å²) in [6.07, 6.45) is 1.70. The lowest BCUT2D eigenvalue weighted by Crippen LogP contribution is -2.53. The van der Waals surface area contributed by atoms with Gasteiger partial charge < -0.3 is 10.0 Å². The summed E-state index contributed by atoms with van der Waals surface area (Å²) < 4.78 is 14.0. The smallest absolute Gasteiger partial charge is 0.301 e. The molecule has 2 aliphatic carbocycles. The van der Waals surface area contributed by atoms with Crippen molar-refractivity contribution in [1.29, 1.82) is 0 Å². The number of phenolic OH excluding ortho intramolecular Hbond substituents is 1. The van der Waals surface area contributed by atoms with E-state index in [9.17, 15) is 39.3 Å². The molecule has 4 amide bonds. The zero-order valence-corrected chi connectivity index (χ0v) is 33.1. The van der Waals surface area contributed by atoms with Crippen LogP contribution in [0.4, 0.5) is 32.8 Å². The molecule has 2 saturated heterocycles. The summed E-state index contributed by atoms with van der Waals surface area (Å²) in [4.78, 5) is 84.8. The molecule has 61 heavy (non-hydrogen) atoms. The molecule has 6 unspecified atom stereocenters. The first kappa shape index (κ1) is 39.3. The number of nitrogens with zero attached hydrogens (tertiary/aromatic N) is 5. The van der Waals surface area contributed by atoms with Crippen molar-refractivity contribution < 1.29 is 38.5 Å². The Bertz CT molecular complexity index is 2760. The van der Waals surface area contributed by atoms with Crippen molar-refractivity contribution in [2.24, 2.45) is 23.7 Å². The molecule has 6 atom stereocenters. The number of anilines is 3. The fraction of sp³-hybridized carbons (Fsp3) is 0.227. The second kappa shape index (κ2) is 14.2. The molecule has 0 spiro atoms. The molecule has 2 heterocycles. The van der Waals surface area contributed by atoms with E-state index in [4.69, 9.17) is 11.6 Å². The molecule has 308 valence electrons. The zero-order valence-electron chi connectivity index (χ0n) is 32.3. The summed E-state index contributed by atoms with van der Waals surface area (Å²) in [5.41, 5.74) is 0.962. The molecule has 0 aromatic heterocycles. The number of fused-ring (bicyclic) bond motifs is 5. The minimum absolute atomic E-state index is 0.00883. The standard InChI is InChI=1S/C44H34ClFN6O9/c1-48(2)39-34(51(58)59)19-26(20-35(39)52(60)61)49-40(54)31-16-15-30-32(37(31)42(49)56)21-33-41(55)50(47-25-13-11-24(46)12-14-25)43(57)44(33,22-7-9-23(45)10-8-22)38(30)29-17-18-36(53)28-6-4-3-5-27(28)29/h3-15,17-20,31-33,37-38,47,53H,16,21H2,1-2H3. The minimum Gasteiger partial charge on any atom is -0.507 e. The van der Waals surface area contributed by atoms with E-state index >= 15 is 9.59 Å². The van der Waals surface area contributed by atoms with Crippen LogP contribution in [0.1, 0.15) is 29.9 Å². The maximum absolute atomic E-state index is 15.5. The topological polar surface area (TPSA) is 197 Å². The van der Waals surface area contributed by atoms with Gasteiger partial charge in [-0.15, -0.1) is 0 Å². The van der Waals surface area contributed by atoms with Crippen molar-refractivity contribution in [3.8, 4) is 5.75 Å². The lowest BCUT2D eigenvalue weighted by molar-refractivity contribution is -0.392. The molecule has 15 nitrogen and oxygen atoms in total. The van der Waals surface area contributed by atoms with Gasteiger partial charge in [-0.05, 0) is 77.7 Å². The van der Waals surface area contributed by atoms with Crippen molar-refractivity contribution in [3.05, 3.63) is 151 Å². The van der Waals surface area contributed by atoms with Crippen molar-refractivity contribution in [1.82, 2.24) is 5.01 Å². The van der Waals surface area contributed by atoms with Gasteiger partial charge in [0.1, 0.15) is 11.6 Å². The average molecular weight is 845 g/mol. The Morgan fingerprint density at radius 1 is 0.836 bits per heavy atom. The van der Waals surface area contributed by atoms with Gasteiger partial charge in [0, 0.05) is 42.6 Å². The van der Waals surface area contributed by atoms with Crippen molar-refractivity contribution >= 4 is 74.4 Å². The van der Waals surface area contributed by atoms with E-state index in [1.54, 1.807) is 54.6 Å². The maximum atomic E-state index is 15.5. The van der Waals surface area contributed by atoms with E-state index < -0.39 is 85.7 Å². The van der Waals surface area contributed by atoms with Crippen LogP contribution in [0.5, 0.6) is 5.75 Å². The van der Waals surface area contributed by atoms with E-state index in [2.05, 4.69) is 5.43 Å². The maximum Gasteiger partial charge on any atom is 0.301 e. The Labute approximate surface area is 350 Å². The molecule has 17 heteroatoms. The molecule has 4 aliphatic rings. The Morgan fingerprint density at radius 3 is 2.10 bits per heavy atom. The van der Waals surface area contributed by atoms with E-state index in [0.717, 1.165) is 22.0 Å². The number of hydrogen-bond donors (Lipinski definition) is 2. The van der Waals surface area contributed by atoms with Gasteiger partial charge in [0.2, 0.25) is 11.8 Å². The van der Waals surface area contributed by atoms with Crippen LogP contribution < -0.4 is 15.2 Å². The van der Waals surface area contributed by atoms with E-state index in [-0.39, 0.29) is 35.7 Å². The number of allylic oxidation sites excluding steroid dienone is 2. The third-order valence-electron chi connectivity index (χ3n) is 12.7. The number of benzene rings is 5. The number of nitro benzene ring substituents is 2. The first-order valence-electron chi connectivity index (χ1n) is 19.2. The Balaban J connectivity index is 1.25. The summed E-state index contributed by atoms with van der Waals surface area (Å²) in [5, 5.41) is 37.9. The van der Waals surface area contributed by atoms with Gasteiger partial charge in [-0.3, -0.25) is 44.8 Å². The molecule has 3 fully saturated rings. The van der Waals surface area contributed by atoms with E-state index in [1.165, 1.54) is 49.3 Å². The summed E-state index contributed by atoms with van der Waals surface area (Å²) in [7, 11) is 2.80. The largest absolute Gasteiger partial charge is 0.507 e. The average Bonchev–Trinajstić information content (AvgIpc) is 3.62. The highest BCUT2D eigenvalue weighted by Crippen LogP contribution is 2.65. The van der Waals surface area contributed by atoms with Crippen molar-refractivity contribution in [2.75, 3.05) is 29.3 Å². The number of imide groups is 2. The fourth-order valence-electron chi connectivity index (χ4n) is 10.3. The molecule has 0 bridgehead atoms.